The average molecular weight is 416 g/mol. The molecule has 3 heterocycles. The van der Waals surface area contributed by atoms with Crippen LogP contribution < -0.4 is 0 Å². The van der Waals surface area contributed by atoms with Crippen molar-refractivity contribution in [3.63, 3.8) is 0 Å². The lowest BCUT2D eigenvalue weighted by Crippen LogP contribution is -2.01. The van der Waals surface area contributed by atoms with E-state index in [1.807, 2.05) is 35.0 Å². The highest BCUT2D eigenvalue weighted by molar-refractivity contribution is 7.98. The molecule has 4 aromatic rings. The Morgan fingerprint density at radius 3 is 2.67 bits per heavy atom. The highest BCUT2D eigenvalue weighted by atomic mass is 35.5. The van der Waals surface area contributed by atoms with E-state index in [-0.39, 0.29) is 0 Å². The quantitative estimate of drug-likeness (QED) is 0.409. The zero-order valence-electron chi connectivity index (χ0n) is 14.2. The molecule has 136 valence electrons. The van der Waals surface area contributed by atoms with Gasteiger partial charge >= 0.3 is 0 Å². The molecule has 0 N–H and O–H groups in total. The molecule has 0 amide bonds. The molecule has 1 aliphatic carbocycles. The largest absolute Gasteiger partial charge is 0.304 e. The van der Waals surface area contributed by atoms with E-state index in [1.54, 1.807) is 17.8 Å². The van der Waals surface area contributed by atoms with Crippen molar-refractivity contribution >= 4 is 40.6 Å². The Labute approximate surface area is 170 Å². The van der Waals surface area contributed by atoms with Crippen LogP contribution in [-0.4, -0.2) is 24.1 Å². The van der Waals surface area contributed by atoms with Crippen molar-refractivity contribution in [2.75, 3.05) is 0 Å². The maximum absolute atomic E-state index is 6.24. The van der Waals surface area contributed by atoms with Crippen molar-refractivity contribution < 1.29 is 0 Å². The third kappa shape index (κ3) is 3.33. The second-order valence-corrected chi connectivity index (χ2v) is 8.33. The van der Waals surface area contributed by atoms with E-state index >= 15 is 0 Å². The minimum Gasteiger partial charge on any atom is -0.304 e. The van der Waals surface area contributed by atoms with Crippen LogP contribution in [0.2, 0.25) is 10.0 Å². The minimum absolute atomic E-state index is 0.517. The fraction of sp³-hybridized carbons (Fsp3) is 0.211. The molecule has 0 atom stereocenters. The van der Waals surface area contributed by atoms with E-state index in [2.05, 4.69) is 31.9 Å². The lowest BCUT2D eigenvalue weighted by Gasteiger charge is -2.09. The van der Waals surface area contributed by atoms with E-state index in [4.69, 9.17) is 23.2 Å². The monoisotopic (exact) mass is 415 g/mol. The summed E-state index contributed by atoms with van der Waals surface area (Å²) in [5.74, 6) is 2.24. The van der Waals surface area contributed by atoms with Crippen molar-refractivity contribution in [1.29, 1.82) is 0 Å². The number of thioether (sulfide) groups is 1. The Bertz CT molecular complexity index is 1120. The highest BCUT2D eigenvalue weighted by Gasteiger charge is 2.31. The van der Waals surface area contributed by atoms with Gasteiger partial charge in [-0.1, -0.05) is 53.2 Å². The summed E-state index contributed by atoms with van der Waals surface area (Å²) >= 11 is 13.9. The van der Waals surface area contributed by atoms with E-state index in [0.29, 0.717) is 27.4 Å². The summed E-state index contributed by atoms with van der Waals surface area (Å²) < 4.78 is 4.03. The first-order chi connectivity index (χ1) is 13.2. The predicted molar refractivity (Wildman–Crippen MR) is 108 cm³/mol. The maximum Gasteiger partial charge on any atom is 0.196 e. The summed E-state index contributed by atoms with van der Waals surface area (Å²) in [5, 5.41) is 10.9. The van der Waals surface area contributed by atoms with Gasteiger partial charge in [0.1, 0.15) is 5.82 Å². The minimum atomic E-state index is 0.517. The van der Waals surface area contributed by atoms with Crippen LogP contribution in [0.15, 0.2) is 53.9 Å². The summed E-state index contributed by atoms with van der Waals surface area (Å²) in [4.78, 5) is 4.62. The van der Waals surface area contributed by atoms with Crippen LogP contribution in [0.5, 0.6) is 0 Å². The van der Waals surface area contributed by atoms with Crippen LogP contribution in [0.1, 0.15) is 30.3 Å². The van der Waals surface area contributed by atoms with Crippen molar-refractivity contribution in [3.05, 3.63) is 70.4 Å². The van der Waals surface area contributed by atoms with Crippen LogP contribution in [-0.2, 0) is 5.75 Å². The van der Waals surface area contributed by atoms with Gasteiger partial charge in [-0.05, 0) is 31.0 Å². The number of rotatable bonds is 5. The number of benzene rings is 1. The molecule has 5 rings (SSSR count). The molecule has 1 aliphatic rings. The first-order valence-corrected chi connectivity index (χ1v) is 10.4. The molecule has 8 heteroatoms. The van der Waals surface area contributed by atoms with Crippen LogP contribution in [0.3, 0.4) is 0 Å². The Morgan fingerprint density at radius 1 is 1.07 bits per heavy atom. The second-order valence-electron chi connectivity index (χ2n) is 6.54. The first kappa shape index (κ1) is 17.1. The average Bonchev–Trinajstić information content (AvgIpc) is 3.28. The van der Waals surface area contributed by atoms with E-state index in [9.17, 15) is 0 Å². The molecule has 27 heavy (non-hydrogen) atoms. The predicted octanol–water partition coefficient (Wildman–Crippen LogP) is 5.39. The van der Waals surface area contributed by atoms with Gasteiger partial charge in [0.2, 0.25) is 0 Å². The molecule has 5 nitrogen and oxygen atoms in total. The maximum atomic E-state index is 6.24. The van der Waals surface area contributed by atoms with Gasteiger partial charge in [0.25, 0.3) is 0 Å². The van der Waals surface area contributed by atoms with Crippen molar-refractivity contribution in [2.24, 2.45) is 0 Å². The second kappa shape index (κ2) is 6.86. The van der Waals surface area contributed by atoms with Gasteiger partial charge in [-0.3, -0.25) is 4.57 Å². The molecular weight excluding hydrogens is 401 g/mol. The number of pyridine rings is 1. The molecule has 1 saturated carbocycles. The van der Waals surface area contributed by atoms with Gasteiger partial charge in [-0.2, -0.15) is 0 Å². The summed E-state index contributed by atoms with van der Waals surface area (Å²) in [6.45, 7) is 0. The van der Waals surface area contributed by atoms with Crippen molar-refractivity contribution in [2.45, 2.75) is 29.7 Å². The molecule has 0 saturated heterocycles. The summed E-state index contributed by atoms with van der Waals surface area (Å²) in [6, 6.07) is 12.0. The van der Waals surface area contributed by atoms with Crippen molar-refractivity contribution in [3.8, 4) is 5.69 Å². The Hall–Kier alpha value is -2.02. The van der Waals surface area contributed by atoms with Crippen molar-refractivity contribution in [1.82, 2.24) is 24.1 Å². The molecule has 0 bridgehead atoms. The Morgan fingerprint density at radius 2 is 1.89 bits per heavy atom. The number of fused-ring (bicyclic) bond motifs is 1. The number of hydrogen-bond donors (Lipinski definition) is 0. The number of halogens is 2. The normalized spacial score (nSPS) is 14.1. The number of aromatic nitrogens is 5. The van der Waals surface area contributed by atoms with E-state index in [0.717, 1.165) is 22.4 Å². The third-order valence-electron chi connectivity index (χ3n) is 4.49. The zero-order valence-corrected chi connectivity index (χ0v) is 16.5. The summed E-state index contributed by atoms with van der Waals surface area (Å²) in [7, 11) is 0. The Kier molecular flexibility index (Phi) is 4.34. The van der Waals surface area contributed by atoms with Gasteiger partial charge < -0.3 is 4.40 Å². The standard InChI is InChI=1S/C19H15Cl2N5S/c20-13-8-16(21)18-22-14(10-25(18)9-13)11-27-19-24-23-17(12-6-7-12)26(19)15-4-2-1-3-5-15/h1-5,8-10,12H,6-7,11H2. The third-order valence-corrected chi connectivity index (χ3v) is 5.93. The molecule has 0 aliphatic heterocycles. The number of imidazole rings is 1. The fourth-order valence-electron chi connectivity index (χ4n) is 3.08. The Balaban J connectivity index is 1.46. The first-order valence-electron chi connectivity index (χ1n) is 8.65. The highest BCUT2D eigenvalue weighted by Crippen LogP contribution is 2.41. The number of nitrogens with zero attached hydrogens (tertiary/aromatic N) is 5. The lowest BCUT2D eigenvalue weighted by molar-refractivity contribution is 0.829. The van der Waals surface area contributed by atoms with Gasteiger partial charge in [0.15, 0.2) is 10.8 Å². The zero-order chi connectivity index (χ0) is 18.4. The molecular formula is C19H15Cl2N5S. The van der Waals surface area contributed by atoms with Crippen LogP contribution in [0.25, 0.3) is 11.3 Å². The molecule has 0 unspecified atom stereocenters. The fourth-order valence-corrected chi connectivity index (χ4v) is 4.45. The van der Waals surface area contributed by atoms with Gasteiger partial charge in [-0.25, -0.2) is 4.98 Å². The smallest absolute Gasteiger partial charge is 0.196 e. The van der Waals surface area contributed by atoms with Gasteiger partial charge in [0.05, 0.1) is 15.7 Å². The van der Waals surface area contributed by atoms with E-state index in [1.165, 1.54) is 12.8 Å². The van der Waals surface area contributed by atoms with Crippen LogP contribution in [0.4, 0.5) is 0 Å². The van der Waals surface area contributed by atoms with Crippen LogP contribution in [0, 0.1) is 0 Å². The lowest BCUT2D eigenvalue weighted by atomic mass is 10.3. The van der Waals surface area contributed by atoms with Gasteiger partial charge in [0, 0.05) is 29.8 Å². The molecule has 1 aromatic carbocycles. The summed E-state index contributed by atoms with van der Waals surface area (Å²) in [5.41, 5.74) is 2.72. The molecule has 0 spiro atoms. The van der Waals surface area contributed by atoms with Crippen LogP contribution >= 0.6 is 35.0 Å². The van der Waals surface area contributed by atoms with E-state index < -0.39 is 0 Å². The number of para-hydroxylation sites is 1. The molecule has 1 fully saturated rings. The summed E-state index contributed by atoms with van der Waals surface area (Å²) in [6.07, 6.45) is 6.12. The SMILES string of the molecule is Clc1cc(Cl)c2nc(CSc3nnc(C4CC4)n3-c3ccccc3)cn2c1. The van der Waals surface area contributed by atoms with Gasteiger partial charge in [-0.15, -0.1) is 10.2 Å². The molecule has 0 radical (unpaired) electrons. The topological polar surface area (TPSA) is 48.0 Å². The molecule has 3 aromatic heterocycles. The number of hydrogen-bond acceptors (Lipinski definition) is 4.